The van der Waals surface area contributed by atoms with Gasteiger partial charge >= 0.3 is 6.03 Å². The van der Waals surface area contributed by atoms with E-state index in [1.54, 1.807) is 14.2 Å². The number of ether oxygens (including phenoxy) is 2. The van der Waals surface area contributed by atoms with Crippen LogP contribution in [0.3, 0.4) is 0 Å². The second-order valence-electron chi connectivity index (χ2n) is 7.83. The summed E-state index contributed by atoms with van der Waals surface area (Å²) in [4.78, 5) is 15.9. The van der Waals surface area contributed by atoms with Gasteiger partial charge in [0.05, 0.1) is 14.2 Å². The quantitative estimate of drug-likeness (QED) is 0.346. The molecule has 1 aromatic heterocycles. The number of hydrogen-bond acceptors (Lipinski definition) is 3. The predicted octanol–water partition coefficient (Wildman–Crippen LogP) is 4.86. The zero-order valence-corrected chi connectivity index (χ0v) is 18.9. The molecule has 3 N–H and O–H groups in total. The molecule has 1 unspecified atom stereocenters. The van der Waals surface area contributed by atoms with Gasteiger partial charge in [0.1, 0.15) is 0 Å². The van der Waals surface area contributed by atoms with Gasteiger partial charge in [-0.15, -0.1) is 0 Å². The minimum atomic E-state index is -0.184. The third kappa shape index (κ3) is 5.29. The molecule has 1 heterocycles. The van der Waals surface area contributed by atoms with Crippen molar-refractivity contribution in [3.63, 3.8) is 0 Å². The molecular formula is C27H29N3O3. The van der Waals surface area contributed by atoms with Crippen molar-refractivity contribution >= 4 is 16.9 Å². The molecule has 0 saturated heterocycles. The van der Waals surface area contributed by atoms with Crippen molar-refractivity contribution < 1.29 is 14.3 Å². The second kappa shape index (κ2) is 10.6. The zero-order valence-electron chi connectivity index (χ0n) is 18.9. The first-order valence-corrected chi connectivity index (χ1v) is 11.0. The van der Waals surface area contributed by atoms with Crippen LogP contribution in [0.5, 0.6) is 11.5 Å². The van der Waals surface area contributed by atoms with Crippen LogP contribution >= 0.6 is 0 Å². The third-order valence-electron chi connectivity index (χ3n) is 5.82. The monoisotopic (exact) mass is 443 g/mol. The van der Waals surface area contributed by atoms with Gasteiger partial charge in [-0.05, 0) is 41.3 Å². The number of urea groups is 1. The minimum Gasteiger partial charge on any atom is -0.493 e. The maximum Gasteiger partial charge on any atom is 0.314 e. The molecule has 33 heavy (non-hydrogen) atoms. The van der Waals surface area contributed by atoms with Crippen LogP contribution in [0.4, 0.5) is 4.79 Å². The predicted molar refractivity (Wildman–Crippen MR) is 131 cm³/mol. The molecule has 6 heteroatoms. The van der Waals surface area contributed by atoms with Crippen molar-refractivity contribution in [1.29, 1.82) is 0 Å². The molecule has 0 fully saturated rings. The largest absolute Gasteiger partial charge is 0.493 e. The minimum absolute atomic E-state index is 0.0687. The van der Waals surface area contributed by atoms with E-state index in [0.29, 0.717) is 24.6 Å². The lowest BCUT2D eigenvalue weighted by atomic mass is 9.90. The van der Waals surface area contributed by atoms with Crippen LogP contribution in [-0.4, -0.2) is 38.3 Å². The molecule has 0 aliphatic carbocycles. The van der Waals surface area contributed by atoms with Gasteiger partial charge in [-0.1, -0.05) is 54.6 Å². The highest BCUT2D eigenvalue weighted by molar-refractivity contribution is 5.84. The molecule has 6 nitrogen and oxygen atoms in total. The van der Waals surface area contributed by atoms with Crippen molar-refractivity contribution in [1.82, 2.24) is 15.6 Å². The number of aromatic amines is 1. The van der Waals surface area contributed by atoms with Crippen molar-refractivity contribution in [2.75, 3.05) is 27.3 Å². The Bertz CT molecular complexity index is 1200. The van der Waals surface area contributed by atoms with E-state index in [2.05, 4.69) is 33.8 Å². The fraction of sp³-hybridized carbons (Fsp3) is 0.222. The van der Waals surface area contributed by atoms with Gasteiger partial charge in [0, 0.05) is 36.1 Å². The Morgan fingerprint density at radius 3 is 2.45 bits per heavy atom. The fourth-order valence-corrected chi connectivity index (χ4v) is 4.08. The standard InChI is InChI=1S/C27H29N3O3/c1-32-25-13-12-20(16-26(25)33-2)22(23-18-29-24-11-7-6-10-21(23)24)17-30-27(31)28-15-14-19-8-4-3-5-9-19/h3-13,16,18,22,29H,14-15,17H2,1-2H3,(H2,28,30,31). The molecule has 0 saturated carbocycles. The van der Waals surface area contributed by atoms with E-state index >= 15 is 0 Å². The number of H-pyrrole nitrogens is 1. The van der Waals surface area contributed by atoms with E-state index in [1.807, 2.05) is 60.8 Å². The first-order chi connectivity index (χ1) is 16.2. The molecule has 0 spiro atoms. The van der Waals surface area contributed by atoms with Crippen LogP contribution in [0.2, 0.25) is 0 Å². The average Bonchev–Trinajstić information content (AvgIpc) is 3.28. The lowest BCUT2D eigenvalue weighted by molar-refractivity contribution is 0.240. The van der Waals surface area contributed by atoms with Gasteiger partial charge in [0.25, 0.3) is 0 Å². The van der Waals surface area contributed by atoms with Crippen LogP contribution in [0, 0.1) is 0 Å². The molecule has 3 aromatic carbocycles. The van der Waals surface area contributed by atoms with Crippen LogP contribution in [0.1, 0.15) is 22.6 Å². The normalized spacial score (nSPS) is 11.7. The highest BCUT2D eigenvalue weighted by Crippen LogP contribution is 2.35. The summed E-state index contributed by atoms with van der Waals surface area (Å²) in [5, 5.41) is 7.14. The number of methoxy groups -OCH3 is 2. The summed E-state index contributed by atoms with van der Waals surface area (Å²) in [6.45, 7) is 1.01. The molecule has 0 aliphatic rings. The first kappa shape index (κ1) is 22.3. The molecule has 170 valence electrons. The highest BCUT2D eigenvalue weighted by atomic mass is 16.5. The number of rotatable bonds is 9. The smallest absolute Gasteiger partial charge is 0.314 e. The number of benzene rings is 3. The molecule has 0 radical (unpaired) electrons. The molecular weight excluding hydrogens is 414 g/mol. The molecule has 4 rings (SSSR count). The van der Waals surface area contributed by atoms with Gasteiger partial charge in [-0.2, -0.15) is 0 Å². The Morgan fingerprint density at radius 1 is 0.909 bits per heavy atom. The summed E-state index contributed by atoms with van der Waals surface area (Å²) in [6.07, 6.45) is 2.80. The van der Waals surface area contributed by atoms with Crippen molar-refractivity contribution in [3.05, 3.63) is 95.7 Å². The van der Waals surface area contributed by atoms with Gasteiger partial charge in [-0.25, -0.2) is 4.79 Å². The topological polar surface area (TPSA) is 75.4 Å². The summed E-state index contributed by atoms with van der Waals surface area (Å²) in [5.41, 5.74) is 4.40. The Morgan fingerprint density at radius 2 is 1.67 bits per heavy atom. The SMILES string of the molecule is COc1ccc(C(CNC(=O)NCCc2ccccc2)c2c[nH]c3ccccc23)cc1OC. The lowest BCUT2D eigenvalue weighted by Gasteiger charge is -2.20. The molecule has 4 aromatic rings. The highest BCUT2D eigenvalue weighted by Gasteiger charge is 2.20. The van der Waals surface area contributed by atoms with Crippen LogP contribution in [-0.2, 0) is 6.42 Å². The summed E-state index contributed by atoms with van der Waals surface area (Å²) in [6, 6.07) is 24.0. The number of fused-ring (bicyclic) bond motifs is 1. The summed E-state index contributed by atoms with van der Waals surface area (Å²) >= 11 is 0. The van der Waals surface area contributed by atoms with Crippen molar-refractivity contribution in [2.45, 2.75) is 12.3 Å². The first-order valence-electron chi connectivity index (χ1n) is 11.0. The van der Waals surface area contributed by atoms with Gasteiger partial charge < -0.3 is 25.1 Å². The Hall–Kier alpha value is -3.93. The number of carbonyl (C=O) groups excluding carboxylic acids is 1. The van der Waals surface area contributed by atoms with E-state index < -0.39 is 0 Å². The fourth-order valence-electron chi connectivity index (χ4n) is 4.08. The molecule has 2 amide bonds. The number of carbonyl (C=O) groups is 1. The summed E-state index contributed by atoms with van der Waals surface area (Å²) in [7, 11) is 3.25. The average molecular weight is 444 g/mol. The molecule has 0 bridgehead atoms. The van der Waals surface area contributed by atoms with E-state index in [4.69, 9.17) is 9.47 Å². The molecule has 0 aliphatic heterocycles. The van der Waals surface area contributed by atoms with Gasteiger partial charge in [-0.3, -0.25) is 0 Å². The van der Waals surface area contributed by atoms with Crippen LogP contribution < -0.4 is 20.1 Å². The number of hydrogen-bond donors (Lipinski definition) is 3. The van der Waals surface area contributed by atoms with E-state index in [-0.39, 0.29) is 11.9 Å². The van der Waals surface area contributed by atoms with E-state index in [1.165, 1.54) is 5.56 Å². The van der Waals surface area contributed by atoms with Crippen molar-refractivity contribution in [3.8, 4) is 11.5 Å². The maximum absolute atomic E-state index is 12.6. The Kier molecular flexibility index (Phi) is 7.15. The third-order valence-corrected chi connectivity index (χ3v) is 5.82. The Balaban J connectivity index is 1.51. The number of nitrogens with one attached hydrogen (secondary N) is 3. The second-order valence-corrected chi connectivity index (χ2v) is 7.83. The zero-order chi connectivity index (χ0) is 23.0. The van der Waals surface area contributed by atoms with Gasteiger partial charge in [0.15, 0.2) is 11.5 Å². The number of amides is 2. The number of para-hydroxylation sites is 1. The maximum atomic E-state index is 12.6. The summed E-state index contributed by atoms with van der Waals surface area (Å²) < 4.78 is 10.9. The van der Waals surface area contributed by atoms with Crippen LogP contribution in [0.15, 0.2) is 79.0 Å². The van der Waals surface area contributed by atoms with Gasteiger partial charge in [0.2, 0.25) is 0 Å². The number of aromatic nitrogens is 1. The van der Waals surface area contributed by atoms with E-state index in [9.17, 15) is 4.79 Å². The summed E-state index contributed by atoms with van der Waals surface area (Å²) in [5.74, 6) is 1.26. The van der Waals surface area contributed by atoms with E-state index in [0.717, 1.165) is 28.5 Å². The van der Waals surface area contributed by atoms with Crippen LogP contribution in [0.25, 0.3) is 10.9 Å². The molecule has 1 atom stereocenters. The van der Waals surface area contributed by atoms with Crippen molar-refractivity contribution in [2.24, 2.45) is 0 Å². The Labute approximate surface area is 193 Å². The lowest BCUT2D eigenvalue weighted by Crippen LogP contribution is -2.38.